The van der Waals surface area contributed by atoms with E-state index in [9.17, 15) is 14.4 Å². The molecule has 0 bridgehead atoms. The third-order valence-electron chi connectivity index (χ3n) is 6.59. The second kappa shape index (κ2) is 11.2. The zero-order valence-electron chi connectivity index (χ0n) is 19.8. The van der Waals surface area contributed by atoms with E-state index in [0.717, 1.165) is 43.7 Å². The Hall–Kier alpha value is -3.29. The molecular weight excluding hydrogens is 432 g/mol. The maximum Gasteiger partial charge on any atom is 0.290 e. The molecule has 3 amide bonds. The van der Waals surface area contributed by atoms with Crippen LogP contribution >= 0.6 is 0 Å². The van der Waals surface area contributed by atoms with Gasteiger partial charge in [0, 0.05) is 31.0 Å². The smallest absolute Gasteiger partial charge is 0.290 e. The Kier molecular flexibility index (Phi) is 7.87. The Bertz CT molecular complexity index is 984. The van der Waals surface area contributed by atoms with Crippen LogP contribution in [0.4, 0.5) is 11.4 Å². The molecule has 2 fully saturated rings. The van der Waals surface area contributed by atoms with E-state index in [2.05, 4.69) is 21.6 Å². The van der Waals surface area contributed by atoms with Crippen molar-refractivity contribution in [2.75, 3.05) is 29.9 Å². The maximum absolute atomic E-state index is 13.2. The largest absolute Gasteiger partial charge is 0.459 e. The summed E-state index contributed by atoms with van der Waals surface area (Å²) in [5, 5.41) is 5.90. The standard InChI is InChI=1S/C26H34N4O4/c1-2-9-21(24(31)27-19-10-7-11-20(18-19)29-14-5-6-15-29)28-25(32)22-12-3-4-16-30(22)26(33)23-13-8-17-34-23/h7-8,10-11,13,17-18,21-22H,2-6,9,12,14-16H2,1H3,(H,27,31)(H,28,32). The van der Waals surface area contributed by atoms with Crippen molar-refractivity contribution in [3.05, 3.63) is 48.4 Å². The summed E-state index contributed by atoms with van der Waals surface area (Å²) in [6.45, 7) is 4.53. The molecule has 2 saturated heterocycles. The minimum absolute atomic E-state index is 0.223. The third-order valence-corrected chi connectivity index (χ3v) is 6.59. The highest BCUT2D eigenvalue weighted by molar-refractivity contribution is 6.00. The first-order chi connectivity index (χ1) is 16.6. The molecule has 182 valence electrons. The lowest BCUT2D eigenvalue weighted by atomic mass is 10.00. The van der Waals surface area contributed by atoms with Gasteiger partial charge in [-0.3, -0.25) is 14.4 Å². The molecule has 2 N–H and O–H groups in total. The maximum atomic E-state index is 13.2. The summed E-state index contributed by atoms with van der Waals surface area (Å²) in [6.07, 6.45) is 7.33. The van der Waals surface area contributed by atoms with Crippen molar-refractivity contribution in [3.63, 3.8) is 0 Å². The van der Waals surface area contributed by atoms with Crippen molar-refractivity contribution in [1.82, 2.24) is 10.2 Å². The molecule has 1 aromatic heterocycles. The molecular formula is C26H34N4O4. The predicted octanol–water partition coefficient (Wildman–Crippen LogP) is 3.80. The Morgan fingerprint density at radius 1 is 1.06 bits per heavy atom. The normalized spacial score (nSPS) is 19.0. The number of likely N-dealkylation sites (tertiary alicyclic amines) is 1. The average molecular weight is 467 g/mol. The molecule has 8 heteroatoms. The van der Waals surface area contributed by atoms with Crippen LogP contribution in [-0.4, -0.2) is 54.3 Å². The molecule has 1 aromatic carbocycles. The number of carbonyl (C=O) groups is 3. The zero-order valence-corrected chi connectivity index (χ0v) is 19.8. The van der Waals surface area contributed by atoms with Crippen molar-refractivity contribution in [1.29, 1.82) is 0 Å². The number of benzene rings is 1. The van der Waals surface area contributed by atoms with Crippen LogP contribution in [0.5, 0.6) is 0 Å². The van der Waals surface area contributed by atoms with Gasteiger partial charge in [-0.2, -0.15) is 0 Å². The van der Waals surface area contributed by atoms with Crippen LogP contribution in [0, 0.1) is 0 Å². The quantitative estimate of drug-likeness (QED) is 0.617. The topological polar surface area (TPSA) is 94.9 Å². The van der Waals surface area contributed by atoms with Crippen LogP contribution in [0.1, 0.15) is 62.4 Å². The van der Waals surface area contributed by atoms with E-state index in [1.165, 1.54) is 19.1 Å². The lowest BCUT2D eigenvalue weighted by Gasteiger charge is -2.35. The van der Waals surface area contributed by atoms with Gasteiger partial charge in [0.15, 0.2) is 5.76 Å². The van der Waals surface area contributed by atoms with E-state index in [1.807, 2.05) is 25.1 Å². The van der Waals surface area contributed by atoms with E-state index in [0.29, 0.717) is 19.4 Å². The van der Waals surface area contributed by atoms with Gasteiger partial charge in [0.05, 0.1) is 6.26 Å². The molecule has 2 aliphatic rings. The molecule has 0 radical (unpaired) electrons. The van der Waals surface area contributed by atoms with Crippen molar-refractivity contribution >= 4 is 29.1 Å². The van der Waals surface area contributed by atoms with Gasteiger partial charge in [0.1, 0.15) is 12.1 Å². The number of anilines is 2. The minimum Gasteiger partial charge on any atom is -0.459 e. The third kappa shape index (κ3) is 5.61. The molecule has 34 heavy (non-hydrogen) atoms. The highest BCUT2D eigenvalue weighted by Crippen LogP contribution is 2.24. The van der Waals surface area contributed by atoms with Gasteiger partial charge >= 0.3 is 0 Å². The van der Waals surface area contributed by atoms with Gasteiger partial charge in [-0.1, -0.05) is 19.4 Å². The number of piperidine rings is 1. The molecule has 0 saturated carbocycles. The summed E-state index contributed by atoms with van der Waals surface area (Å²) in [5.74, 6) is -0.604. The van der Waals surface area contributed by atoms with Crippen molar-refractivity contribution in [2.45, 2.75) is 64.0 Å². The van der Waals surface area contributed by atoms with E-state index < -0.39 is 12.1 Å². The molecule has 0 aliphatic carbocycles. The predicted molar refractivity (Wildman–Crippen MR) is 131 cm³/mol. The second-order valence-corrected chi connectivity index (χ2v) is 9.07. The SMILES string of the molecule is CCCC(NC(=O)C1CCCCN1C(=O)c1ccco1)C(=O)Nc1cccc(N2CCCC2)c1. The van der Waals surface area contributed by atoms with Gasteiger partial charge in [0.25, 0.3) is 5.91 Å². The molecule has 2 aliphatic heterocycles. The molecule has 0 spiro atoms. The van der Waals surface area contributed by atoms with Gasteiger partial charge in [-0.25, -0.2) is 0 Å². The van der Waals surface area contributed by atoms with E-state index in [-0.39, 0.29) is 23.5 Å². The highest BCUT2D eigenvalue weighted by Gasteiger charge is 2.35. The fourth-order valence-electron chi connectivity index (χ4n) is 4.80. The van der Waals surface area contributed by atoms with Crippen molar-refractivity contribution in [3.8, 4) is 0 Å². The molecule has 3 heterocycles. The highest BCUT2D eigenvalue weighted by atomic mass is 16.3. The molecule has 8 nitrogen and oxygen atoms in total. The fourth-order valence-corrected chi connectivity index (χ4v) is 4.80. The van der Waals surface area contributed by atoms with Crippen LogP contribution in [0.15, 0.2) is 47.1 Å². The molecule has 2 unspecified atom stereocenters. The first kappa shape index (κ1) is 23.9. The fraction of sp³-hybridized carbons (Fsp3) is 0.500. The summed E-state index contributed by atoms with van der Waals surface area (Å²) < 4.78 is 5.26. The van der Waals surface area contributed by atoms with Crippen LogP contribution in [0.3, 0.4) is 0 Å². The lowest BCUT2D eigenvalue weighted by molar-refractivity contribution is -0.130. The monoisotopic (exact) mass is 466 g/mol. The number of hydrogen-bond donors (Lipinski definition) is 2. The van der Waals surface area contributed by atoms with Gasteiger partial charge in [0.2, 0.25) is 11.8 Å². The molecule has 4 rings (SSSR count). The van der Waals surface area contributed by atoms with E-state index >= 15 is 0 Å². The number of hydrogen-bond acceptors (Lipinski definition) is 5. The van der Waals surface area contributed by atoms with Crippen LogP contribution < -0.4 is 15.5 Å². The second-order valence-electron chi connectivity index (χ2n) is 9.07. The summed E-state index contributed by atoms with van der Waals surface area (Å²) in [6, 6.07) is 9.83. The summed E-state index contributed by atoms with van der Waals surface area (Å²) in [5.41, 5.74) is 1.82. The number of furan rings is 1. The summed E-state index contributed by atoms with van der Waals surface area (Å²) in [4.78, 5) is 43.1. The first-order valence-electron chi connectivity index (χ1n) is 12.4. The van der Waals surface area contributed by atoms with E-state index in [1.54, 1.807) is 17.0 Å². The Balaban J connectivity index is 1.42. The summed E-state index contributed by atoms with van der Waals surface area (Å²) in [7, 11) is 0. The molecule has 2 atom stereocenters. The number of nitrogens with one attached hydrogen (secondary N) is 2. The van der Waals surface area contributed by atoms with Crippen LogP contribution in [0.25, 0.3) is 0 Å². The Morgan fingerprint density at radius 2 is 1.85 bits per heavy atom. The van der Waals surface area contributed by atoms with Gasteiger partial charge < -0.3 is 24.9 Å². The Morgan fingerprint density at radius 3 is 2.59 bits per heavy atom. The number of carbonyl (C=O) groups excluding carboxylic acids is 3. The minimum atomic E-state index is -0.671. The summed E-state index contributed by atoms with van der Waals surface area (Å²) >= 11 is 0. The number of nitrogens with zero attached hydrogens (tertiary/aromatic N) is 2. The number of amides is 3. The van der Waals surface area contributed by atoms with Crippen LogP contribution in [-0.2, 0) is 9.59 Å². The van der Waals surface area contributed by atoms with Gasteiger partial charge in [-0.05, 0) is 68.9 Å². The van der Waals surface area contributed by atoms with Crippen molar-refractivity contribution < 1.29 is 18.8 Å². The van der Waals surface area contributed by atoms with Crippen LogP contribution in [0.2, 0.25) is 0 Å². The Labute approximate surface area is 200 Å². The zero-order chi connectivity index (χ0) is 23.9. The van der Waals surface area contributed by atoms with Gasteiger partial charge in [-0.15, -0.1) is 0 Å². The van der Waals surface area contributed by atoms with E-state index in [4.69, 9.17) is 4.42 Å². The lowest BCUT2D eigenvalue weighted by Crippen LogP contribution is -2.55. The average Bonchev–Trinajstić information content (AvgIpc) is 3.58. The van der Waals surface area contributed by atoms with Crippen molar-refractivity contribution in [2.24, 2.45) is 0 Å². The number of rotatable bonds is 8. The molecule has 2 aromatic rings. The first-order valence-corrected chi connectivity index (χ1v) is 12.4.